The molecule has 0 N–H and O–H groups in total. The third-order valence-electron chi connectivity index (χ3n) is 3.06. The van der Waals surface area contributed by atoms with Gasteiger partial charge in [-0.1, -0.05) is 0 Å². The monoisotopic (exact) mass is 173 g/mol. The molecule has 0 amide bonds. The van der Waals surface area contributed by atoms with E-state index in [0.29, 0.717) is 0 Å². The number of carbonyl (C=O) groups excluding carboxylic acids is 1. The van der Waals surface area contributed by atoms with Gasteiger partial charge in [-0.15, -0.1) is 11.6 Å². The summed E-state index contributed by atoms with van der Waals surface area (Å²) in [7, 11) is 0. The van der Waals surface area contributed by atoms with Crippen molar-refractivity contribution in [3.8, 4) is 0 Å². The van der Waals surface area contributed by atoms with Crippen LogP contribution in [-0.4, -0.2) is 35.2 Å². The van der Waals surface area contributed by atoms with Crippen LogP contribution in [0.4, 0.5) is 0 Å². The minimum absolute atomic E-state index is 0.0955. The molecule has 0 radical (unpaired) electrons. The maximum Gasteiger partial charge on any atom is 0.167 e. The zero-order chi connectivity index (χ0) is 7.90. The zero-order valence-electron chi connectivity index (χ0n) is 6.48. The van der Waals surface area contributed by atoms with E-state index in [1.807, 2.05) is 0 Å². The summed E-state index contributed by atoms with van der Waals surface area (Å²) in [5, 5.41) is 0. The maximum atomic E-state index is 11.4. The molecule has 1 atom stereocenters. The summed E-state index contributed by atoms with van der Waals surface area (Å²) in [6, 6.07) is 0. The number of nitrogens with zero attached hydrogens (tertiary/aromatic N) is 1. The highest BCUT2D eigenvalue weighted by atomic mass is 35.5. The Kier molecular flexibility index (Phi) is 1.69. The summed E-state index contributed by atoms with van der Waals surface area (Å²) in [5.74, 6) is 0.430. The van der Waals surface area contributed by atoms with Gasteiger partial charge in [0.1, 0.15) is 0 Å². The van der Waals surface area contributed by atoms with Gasteiger partial charge in [0.2, 0.25) is 0 Å². The van der Waals surface area contributed by atoms with E-state index in [4.69, 9.17) is 11.6 Å². The molecule has 0 aromatic heterocycles. The summed E-state index contributed by atoms with van der Waals surface area (Å²) in [4.78, 5) is 13.7. The molecule has 0 spiro atoms. The van der Waals surface area contributed by atoms with Crippen LogP contribution in [0, 0.1) is 0 Å². The number of fused-ring (bicyclic) bond motifs is 1. The summed E-state index contributed by atoms with van der Waals surface area (Å²) in [6.45, 7) is 2.20. The average molecular weight is 174 g/mol. The first-order valence-corrected chi connectivity index (χ1v) is 4.67. The molecular weight excluding hydrogens is 162 g/mol. The minimum Gasteiger partial charge on any atom is -0.296 e. The number of Topliss-reactive ketones (excluding diaryl/α,β-unsaturated/α-hetero) is 1. The van der Waals surface area contributed by atoms with E-state index in [1.165, 1.54) is 6.42 Å². The molecule has 2 fully saturated rings. The summed E-state index contributed by atoms with van der Waals surface area (Å²) in [5.41, 5.74) is -0.0955. The largest absolute Gasteiger partial charge is 0.296 e. The van der Waals surface area contributed by atoms with E-state index in [1.54, 1.807) is 0 Å². The lowest BCUT2D eigenvalue weighted by Crippen LogP contribution is -2.61. The molecule has 3 heteroatoms. The van der Waals surface area contributed by atoms with Gasteiger partial charge in [-0.05, 0) is 25.8 Å². The quantitative estimate of drug-likeness (QED) is 0.582. The van der Waals surface area contributed by atoms with Crippen molar-refractivity contribution < 1.29 is 4.79 Å². The van der Waals surface area contributed by atoms with E-state index >= 15 is 0 Å². The lowest BCUT2D eigenvalue weighted by atomic mass is 9.81. The van der Waals surface area contributed by atoms with Crippen LogP contribution in [-0.2, 0) is 4.79 Å². The van der Waals surface area contributed by atoms with Gasteiger partial charge in [-0.25, -0.2) is 0 Å². The van der Waals surface area contributed by atoms with Gasteiger partial charge in [0.05, 0.1) is 11.4 Å². The number of rotatable bonds is 2. The fourth-order valence-corrected chi connectivity index (χ4v) is 2.54. The van der Waals surface area contributed by atoms with Crippen LogP contribution >= 0.6 is 11.6 Å². The highest BCUT2D eigenvalue weighted by molar-refractivity contribution is 6.29. The second kappa shape index (κ2) is 2.46. The Bertz CT molecular complexity index is 195. The molecule has 0 aliphatic carbocycles. The standard InChI is InChI=1S/C8H12ClNO/c9-6-7(11)8-2-1-4-10(8)5-3-8/h1-6H2. The molecular formula is C8H12ClNO. The lowest BCUT2D eigenvalue weighted by molar-refractivity contribution is -0.133. The van der Waals surface area contributed by atoms with Crippen molar-refractivity contribution >= 4 is 17.4 Å². The molecule has 62 valence electrons. The van der Waals surface area contributed by atoms with E-state index in [2.05, 4.69) is 4.90 Å². The van der Waals surface area contributed by atoms with E-state index in [-0.39, 0.29) is 17.2 Å². The third-order valence-corrected chi connectivity index (χ3v) is 3.30. The molecule has 0 aromatic carbocycles. The predicted octanol–water partition coefficient (Wildman–Crippen LogP) is 1.03. The van der Waals surface area contributed by atoms with Crippen LogP contribution in [0.3, 0.4) is 0 Å². The first kappa shape index (κ1) is 7.56. The van der Waals surface area contributed by atoms with Gasteiger partial charge < -0.3 is 0 Å². The van der Waals surface area contributed by atoms with Gasteiger partial charge in [0.15, 0.2) is 5.78 Å². The Balaban J connectivity index is 2.15. The molecule has 0 aromatic rings. The van der Waals surface area contributed by atoms with Crippen LogP contribution in [0.1, 0.15) is 19.3 Å². The highest BCUT2D eigenvalue weighted by Gasteiger charge is 2.52. The van der Waals surface area contributed by atoms with Crippen LogP contribution in [0.2, 0.25) is 0 Å². The molecule has 11 heavy (non-hydrogen) atoms. The second-order valence-corrected chi connectivity index (χ2v) is 3.70. The Morgan fingerprint density at radius 2 is 2.27 bits per heavy atom. The Morgan fingerprint density at radius 1 is 1.45 bits per heavy atom. The van der Waals surface area contributed by atoms with Crippen LogP contribution in [0.25, 0.3) is 0 Å². The van der Waals surface area contributed by atoms with Gasteiger partial charge in [0, 0.05) is 6.54 Å². The average Bonchev–Trinajstić information content (AvgIpc) is 2.27. The smallest absolute Gasteiger partial charge is 0.167 e. The molecule has 2 heterocycles. The van der Waals surface area contributed by atoms with E-state index in [9.17, 15) is 4.79 Å². The molecule has 0 saturated carbocycles. The van der Waals surface area contributed by atoms with Gasteiger partial charge in [-0.3, -0.25) is 9.69 Å². The van der Waals surface area contributed by atoms with Gasteiger partial charge in [0.25, 0.3) is 0 Å². The number of hydrogen-bond donors (Lipinski definition) is 0. The molecule has 2 saturated heterocycles. The Morgan fingerprint density at radius 3 is 2.73 bits per heavy atom. The SMILES string of the molecule is O=C(CCl)C12CCCN1CC2. The Hall–Kier alpha value is -0.0800. The van der Waals surface area contributed by atoms with Gasteiger partial charge >= 0.3 is 0 Å². The molecule has 2 aliphatic heterocycles. The van der Waals surface area contributed by atoms with Crippen LogP contribution in [0.15, 0.2) is 0 Å². The first-order valence-electron chi connectivity index (χ1n) is 4.14. The van der Waals surface area contributed by atoms with Crippen molar-refractivity contribution in [3.05, 3.63) is 0 Å². The molecule has 1 unspecified atom stereocenters. The number of carbonyl (C=O) groups is 1. The Labute approximate surface area is 71.5 Å². The normalized spacial score (nSPS) is 36.5. The van der Waals surface area contributed by atoms with Crippen molar-refractivity contribution in [2.24, 2.45) is 0 Å². The highest BCUT2D eigenvalue weighted by Crippen LogP contribution is 2.41. The second-order valence-electron chi connectivity index (χ2n) is 3.43. The number of ketones is 1. The molecule has 2 aliphatic rings. The minimum atomic E-state index is -0.0955. The van der Waals surface area contributed by atoms with Crippen LogP contribution < -0.4 is 0 Å². The molecule has 2 rings (SSSR count). The van der Waals surface area contributed by atoms with Crippen molar-refractivity contribution in [3.63, 3.8) is 0 Å². The number of alkyl halides is 1. The van der Waals surface area contributed by atoms with Gasteiger partial charge in [-0.2, -0.15) is 0 Å². The lowest BCUT2D eigenvalue weighted by Gasteiger charge is -2.46. The van der Waals surface area contributed by atoms with E-state index in [0.717, 1.165) is 25.9 Å². The van der Waals surface area contributed by atoms with Crippen molar-refractivity contribution in [2.75, 3.05) is 19.0 Å². The topological polar surface area (TPSA) is 20.3 Å². The predicted molar refractivity (Wildman–Crippen MR) is 43.9 cm³/mol. The fraction of sp³-hybridized carbons (Fsp3) is 0.875. The number of hydrogen-bond acceptors (Lipinski definition) is 2. The van der Waals surface area contributed by atoms with E-state index < -0.39 is 0 Å². The summed E-state index contributed by atoms with van der Waals surface area (Å²) < 4.78 is 0. The summed E-state index contributed by atoms with van der Waals surface area (Å²) >= 11 is 5.54. The first-order chi connectivity index (χ1) is 5.29. The molecule has 2 nitrogen and oxygen atoms in total. The number of halogens is 1. The van der Waals surface area contributed by atoms with Crippen molar-refractivity contribution in [1.82, 2.24) is 4.90 Å². The maximum absolute atomic E-state index is 11.4. The molecule has 0 bridgehead atoms. The van der Waals surface area contributed by atoms with Crippen LogP contribution in [0.5, 0.6) is 0 Å². The van der Waals surface area contributed by atoms with Crippen molar-refractivity contribution in [1.29, 1.82) is 0 Å². The third kappa shape index (κ3) is 0.859. The zero-order valence-corrected chi connectivity index (χ0v) is 7.23. The fourth-order valence-electron chi connectivity index (χ4n) is 2.29. The van der Waals surface area contributed by atoms with Crippen molar-refractivity contribution in [2.45, 2.75) is 24.8 Å². The summed E-state index contributed by atoms with van der Waals surface area (Å²) in [6.07, 6.45) is 3.25.